The molecule has 3 aliphatic heterocycles. The Labute approximate surface area is 214 Å². The minimum absolute atomic E-state index is 0.125. The summed E-state index contributed by atoms with van der Waals surface area (Å²) in [5.74, 6) is -0.197. The third kappa shape index (κ3) is 4.22. The number of aliphatic hydroxyl groups is 1. The molecule has 1 aromatic carbocycles. The van der Waals surface area contributed by atoms with Gasteiger partial charge < -0.3 is 20.2 Å². The largest absolute Gasteiger partial charge is 0.391 e. The van der Waals surface area contributed by atoms with E-state index in [1.54, 1.807) is 28.1 Å². The van der Waals surface area contributed by atoms with Gasteiger partial charge in [-0.15, -0.1) is 11.3 Å². The minimum atomic E-state index is -1.14. The van der Waals surface area contributed by atoms with Crippen molar-refractivity contribution >= 4 is 34.9 Å². The van der Waals surface area contributed by atoms with E-state index in [2.05, 4.69) is 10.3 Å². The van der Waals surface area contributed by atoms with Crippen molar-refractivity contribution in [2.45, 2.75) is 70.2 Å². The fraction of sp³-hybridized carbons (Fsp3) is 0.500. The molecule has 1 aromatic heterocycles. The predicted octanol–water partition coefficient (Wildman–Crippen LogP) is 2.22. The Morgan fingerprint density at radius 3 is 2.61 bits per heavy atom. The SMILES string of the molecule is CC(=O)N1CCCC[C@H]1C(=O)N1C[C@H](O)C[C@@H]1C1=N[C@@](C)(c2ccc(-c3scnc3C)cc2)C(=O)N1. The van der Waals surface area contributed by atoms with Gasteiger partial charge in [0.25, 0.3) is 5.91 Å². The molecule has 5 rings (SSSR count). The number of carbonyl (C=O) groups excluding carboxylic acids is 3. The fourth-order valence-electron chi connectivity index (χ4n) is 5.51. The summed E-state index contributed by atoms with van der Waals surface area (Å²) in [7, 11) is 0. The van der Waals surface area contributed by atoms with E-state index in [9.17, 15) is 19.5 Å². The highest BCUT2D eigenvalue weighted by Crippen LogP contribution is 2.35. The summed E-state index contributed by atoms with van der Waals surface area (Å²) in [4.78, 5) is 52.3. The van der Waals surface area contributed by atoms with Crippen molar-refractivity contribution in [2.24, 2.45) is 4.99 Å². The molecule has 0 unspecified atom stereocenters. The lowest BCUT2D eigenvalue weighted by molar-refractivity contribution is -0.146. The summed E-state index contributed by atoms with van der Waals surface area (Å²) < 4.78 is 0. The lowest BCUT2D eigenvalue weighted by atomic mass is 9.91. The van der Waals surface area contributed by atoms with Gasteiger partial charge in [0, 0.05) is 26.4 Å². The molecule has 0 radical (unpaired) electrons. The number of rotatable bonds is 4. The molecule has 9 nitrogen and oxygen atoms in total. The molecule has 2 N–H and O–H groups in total. The van der Waals surface area contributed by atoms with Crippen LogP contribution in [0.15, 0.2) is 34.8 Å². The molecule has 2 aromatic rings. The number of aryl methyl sites for hydroxylation is 1. The maximum absolute atomic E-state index is 13.6. The number of carbonyl (C=O) groups is 3. The molecule has 2 fully saturated rings. The first-order valence-corrected chi connectivity index (χ1v) is 13.2. The maximum atomic E-state index is 13.6. The summed E-state index contributed by atoms with van der Waals surface area (Å²) >= 11 is 1.57. The Morgan fingerprint density at radius 2 is 1.94 bits per heavy atom. The average Bonchev–Trinajstić information content (AvgIpc) is 3.56. The number of amidine groups is 1. The Hall–Kier alpha value is -3.11. The molecule has 36 heavy (non-hydrogen) atoms. The standard InChI is InChI=1S/C26H31N5O4S/c1-15-22(36-14-27-15)17-7-9-18(10-8-17)26(3)25(35)28-23(29-26)21-12-19(33)13-31(21)24(34)20-6-4-5-11-30(20)16(2)32/h7-10,14,19-21,33H,4-6,11-13H2,1-3H3,(H,28,29,35)/t19-,20+,21-,26+/m1/s1. The van der Waals surface area contributed by atoms with E-state index in [0.29, 0.717) is 18.8 Å². The Balaban J connectivity index is 1.41. The van der Waals surface area contributed by atoms with E-state index >= 15 is 0 Å². The first kappa shape index (κ1) is 24.6. The number of hydrogen-bond acceptors (Lipinski definition) is 7. The molecule has 3 aliphatic rings. The Bertz CT molecular complexity index is 1230. The van der Waals surface area contributed by atoms with Gasteiger partial charge in [0.05, 0.1) is 28.2 Å². The number of aliphatic hydroxyl groups excluding tert-OH is 1. The number of piperidine rings is 1. The molecule has 0 spiro atoms. The lowest BCUT2D eigenvalue weighted by Crippen LogP contribution is -2.55. The number of aromatic nitrogens is 1. The van der Waals surface area contributed by atoms with Crippen LogP contribution in [0.2, 0.25) is 0 Å². The number of aliphatic imine (C=N–C) groups is 1. The van der Waals surface area contributed by atoms with Crippen molar-refractivity contribution < 1.29 is 19.5 Å². The monoisotopic (exact) mass is 509 g/mol. The van der Waals surface area contributed by atoms with Gasteiger partial charge in [0.15, 0.2) is 5.54 Å². The van der Waals surface area contributed by atoms with Crippen LogP contribution in [-0.2, 0) is 19.9 Å². The average molecular weight is 510 g/mol. The van der Waals surface area contributed by atoms with Crippen LogP contribution in [-0.4, -0.2) is 74.7 Å². The van der Waals surface area contributed by atoms with Gasteiger partial charge in [-0.2, -0.15) is 0 Å². The Morgan fingerprint density at radius 1 is 1.19 bits per heavy atom. The third-order valence-electron chi connectivity index (χ3n) is 7.55. The summed E-state index contributed by atoms with van der Waals surface area (Å²) in [5, 5.41) is 13.4. The van der Waals surface area contributed by atoms with Crippen LogP contribution in [0.25, 0.3) is 10.4 Å². The van der Waals surface area contributed by atoms with Crippen molar-refractivity contribution in [3.05, 3.63) is 41.0 Å². The highest BCUT2D eigenvalue weighted by atomic mass is 32.1. The molecule has 4 atom stereocenters. The number of nitrogens with zero attached hydrogens (tertiary/aromatic N) is 4. The van der Waals surface area contributed by atoms with Crippen molar-refractivity contribution in [1.82, 2.24) is 20.1 Å². The zero-order chi connectivity index (χ0) is 25.6. The summed E-state index contributed by atoms with van der Waals surface area (Å²) in [6, 6.07) is 6.65. The van der Waals surface area contributed by atoms with Crippen LogP contribution in [0.1, 0.15) is 50.8 Å². The zero-order valence-corrected chi connectivity index (χ0v) is 21.5. The molecule has 2 saturated heterocycles. The van der Waals surface area contributed by atoms with Gasteiger partial charge in [-0.05, 0) is 44.2 Å². The fourth-order valence-corrected chi connectivity index (χ4v) is 6.32. The Kier molecular flexibility index (Phi) is 6.42. The third-order valence-corrected chi connectivity index (χ3v) is 8.53. The van der Waals surface area contributed by atoms with Crippen LogP contribution in [0.4, 0.5) is 0 Å². The number of hydrogen-bond donors (Lipinski definition) is 2. The van der Waals surface area contributed by atoms with Gasteiger partial charge in [-0.1, -0.05) is 24.3 Å². The predicted molar refractivity (Wildman–Crippen MR) is 136 cm³/mol. The maximum Gasteiger partial charge on any atom is 0.257 e. The van der Waals surface area contributed by atoms with Gasteiger partial charge >= 0.3 is 0 Å². The minimum Gasteiger partial charge on any atom is -0.391 e. The normalized spacial score (nSPS) is 28.3. The number of benzene rings is 1. The summed E-state index contributed by atoms with van der Waals surface area (Å²) in [5.41, 5.74) is 3.40. The van der Waals surface area contributed by atoms with E-state index < -0.39 is 23.7 Å². The molecule has 10 heteroatoms. The van der Waals surface area contributed by atoms with Gasteiger partial charge in [0.2, 0.25) is 11.8 Å². The van der Waals surface area contributed by atoms with E-state index in [4.69, 9.17) is 4.99 Å². The highest BCUT2D eigenvalue weighted by molar-refractivity contribution is 7.13. The first-order chi connectivity index (χ1) is 17.2. The highest BCUT2D eigenvalue weighted by Gasteiger charge is 2.48. The van der Waals surface area contributed by atoms with Crippen LogP contribution in [0.5, 0.6) is 0 Å². The molecular formula is C26H31N5O4S. The molecule has 190 valence electrons. The molecule has 0 saturated carbocycles. The van der Waals surface area contributed by atoms with E-state index in [1.807, 2.05) is 36.7 Å². The number of thiazole rings is 1. The molecule has 3 amide bonds. The number of likely N-dealkylation sites (tertiary alicyclic amines) is 2. The van der Waals surface area contributed by atoms with Crippen LogP contribution >= 0.6 is 11.3 Å². The number of amides is 3. The number of β-amino-alcohol motifs (C(OH)–C–C–N with tert-alkyl or cyclic N) is 1. The second kappa shape index (κ2) is 9.40. The molecule has 0 aliphatic carbocycles. The lowest BCUT2D eigenvalue weighted by Gasteiger charge is -2.37. The van der Waals surface area contributed by atoms with E-state index in [1.165, 1.54) is 6.92 Å². The second-order valence-electron chi connectivity index (χ2n) is 9.99. The van der Waals surface area contributed by atoms with Crippen LogP contribution in [0.3, 0.4) is 0 Å². The van der Waals surface area contributed by atoms with Gasteiger partial charge in [-0.25, -0.2) is 9.98 Å². The molecule has 4 heterocycles. The summed E-state index contributed by atoms with van der Waals surface area (Å²) in [6.07, 6.45) is 1.91. The zero-order valence-electron chi connectivity index (χ0n) is 20.7. The van der Waals surface area contributed by atoms with Gasteiger partial charge in [-0.3, -0.25) is 14.4 Å². The first-order valence-electron chi connectivity index (χ1n) is 12.4. The van der Waals surface area contributed by atoms with E-state index in [-0.39, 0.29) is 30.7 Å². The second-order valence-corrected chi connectivity index (χ2v) is 10.8. The van der Waals surface area contributed by atoms with Crippen LogP contribution in [0, 0.1) is 6.92 Å². The van der Waals surface area contributed by atoms with Crippen molar-refractivity contribution in [2.75, 3.05) is 13.1 Å². The smallest absolute Gasteiger partial charge is 0.257 e. The quantitative estimate of drug-likeness (QED) is 0.656. The summed E-state index contributed by atoms with van der Waals surface area (Å²) in [6.45, 7) is 5.92. The molecule has 0 bridgehead atoms. The van der Waals surface area contributed by atoms with Gasteiger partial charge in [0.1, 0.15) is 11.9 Å². The van der Waals surface area contributed by atoms with Crippen molar-refractivity contribution in [1.29, 1.82) is 0 Å². The van der Waals surface area contributed by atoms with Crippen molar-refractivity contribution in [3.8, 4) is 10.4 Å². The molecular weight excluding hydrogens is 478 g/mol. The number of nitrogens with one attached hydrogen (secondary N) is 1. The van der Waals surface area contributed by atoms with Crippen molar-refractivity contribution in [3.63, 3.8) is 0 Å². The van der Waals surface area contributed by atoms with Crippen LogP contribution < -0.4 is 5.32 Å². The topological polar surface area (TPSA) is 115 Å². The van der Waals surface area contributed by atoms with E-state index in [0.717, 1.165) is 34.5 Å².